The lowest BCUT2D eigenvalue weighted by Gasteiger charge is -2.43. The Labute approximate surface area is 132 Å². The number of anilines is 1. The Balaban J connectivity index is 1.98. The molecule has 1 saturated carbocycles. The Morgan fingerprint density at radius 1 is 1.39 bits per heavy atom. The number of ether oxygens (including phenoxy) is 1. The van der Waals surface area contributed by atoms with E-state index in [1.807, 2.05) is 11.9 Å². The maximum atomic E-state index is 12.7. The van der Waals surface area contributed by atoms with Crippen LogP contribution >= 0.6 is 0 Å². The Morgan fingerprint density at radius 2 is 2.13 bits per heavy atom. The van der Waals surface area contributed by atoms with E-state index in [0.29, 0.717) is 11.4 Å². The minimum Gasteiger partial charge on any atom is -0.461 e. The molecule has 1 aliphatic heterocycles. The molecule has 0 radical (unpaired) electrons. The average molecular weight is 317 g/mol. The summed E-state index contributed by atoms with van der Waals surface area (Å²) >= 11 is 0. The summed E-state index contributed by atoms with van der Waals surface area (Å²) in [5.41, 5.74) is -0.414. The molecule has 4 rings (SSSR count). The lowest BCUT2D eigenvalue weighted by molar-refractivity contribution is -0.148. The van der Waals surface area contributed by atoms with Gasteiger partial charge < -0.3 is 9.64 Å². The highest BCUT2D eigenvalue weighted by Crippen LogP contribution is 2.58. The van der Waals surface area contributed by atoms with Crippen molar-refractivity contribution in [3.63, 3.8) is 0 Å². The first-order valence-electron chi connectivity index (χ1n) is 7.78. The van der Waals surface area contributed by atoms with Gasteiger partial charge in [-0.1, -0.05) is 12.2 Å². The Bertz CT molecular complexity index is 852. The van der Waals surface area contributed by atoms with Crippen LogP contribution in [0, 0.1) is 5.92 Å². The monoisotopic (exact) mass is 317 g/mol. The fourth-order valence-corrected chi connectivity index (χ4v) is 4.67. The number of hydrogen-bond acceptors (Lipinski definition) is 5. The van der Waals surface area contributed by atoms with Crippen molar-refractivity contribution in [1.82, 2.24) is 9.55 Å². The molecule has 1 unspecified atom stereocenters. The standard InChI is InChI=1S/C16H19N3O4/c1-8(20)23-12-9-7-16(6-4-5-10(12)16)19(3)13-11(9)14(21)18(2)15(22)17-13/h4-5,9-10,12H,6-7H2,1-3H3,(H,17,22)/t9-,10?,12-,16-/m1/s1. The minimum atomic E-state index is -0.426. The third-order valence-corrected chi connectivity index (χ3v) is 5.76. The quantitative estimate of drug-likeness (QED) is 0.593. The molecule has 0 saturated heterocycles. The molecule has 2 aliphatic carbocycles. The van der Waals surface area contributed by atoms with Crippen molar-refractivity contribution in [2.24, 2.45) is 13.0 Å². The smallest absolute Gasteiger partial charge is 0.329 e. The number of nitrogens with zero attached hydrogens (tertiary/aromatic N) is 2. The number of aromatic nitrogens is 2. The molecule has 2 heterocycles. The van der Waals surface area contributed by atoms with E-state index in [1.165, 1.54) is 14.0 Å². The van der Waals surface area contributed by atoms with Gasteiger partial charge >= 0.3 is 11.7 Å². The zero-order valence-electron chi connectivity index (χ0n) is 13.3. The highest BCUT2D eigenvalue weighted by molar-refractivity contribution is 5.67. The molecule has 0 amide bonds. The molecule has 7 nitrogen and oxygen atoms in total. The number of aromatic amines is 1. The highest BCUT2D eigenvalue weighted by atomic mass is 16.5. The molecule has 122 valence electrons. The largest absolute Gasteiger partial charge is 0.461 e. The molecule has 0 aromatic carbocycles. The minimum absolute atomic E-state index is 0.0296. The van der Waals surface area contributed by atoms with E-state index in [4.69, 9.17) is 4.74 Å². The van der Waals surface area contributed by atoms with Crippen LogP contribution in [0.3, 0.4) is 0 Å². The van der Waals surface area contributed by atoms with E-state index < -0.39 is 5.69 Å². The van der Waals surface area contributed by atoms with Crippen LogP contribution in [0.4, 0.5) is 5.82 Å². The predicted molar refractivity (Wildman–Crippen MR) is 83.6 cm³/mol. The van der Waals surface area contributed by atoms with E-state index in [9.17, 15) is 14.4 Å². The van der Waals surface area contributed by atoms with Crippen LogP contribution < -0.4 is 16.1 Å². The number of fused-ring (bicyclic) bond motifs is 3. The molecule has 23 heavy (non-hydrogen) atoms. The zero-order valence-corrected chi connectivity index (χ0v) is 13.3. The zero-order chi connectivity index (χ0) is 16.5. The first-order chi connectivity index (χ1) is 10.9. The van der Waals surface area contributed by atoms with Crippen LogP contribution in [-0.4, -0.2) is 34.2 Å². The van der Waals surface area contributed by atoms with Gasteiger partial charge in [-0.15, -0.1) is 0 Å². The normalized spacial score (nSPS) is 33.5. The summed E-state index contributed by atoms with van der Waals surface area (Å²) in [6.07, 6.45) is 5.37. The van der Waals surface area contributed by atoms with Crippen molar-refractivity contribution in [3.05, 3.63) is 38.6 Å². The van der Waals surface area contributed by atoms with Gasteiger partial charge in [0.1, 0.15) is 11.9 Å². The maximum Gasteiger partial charge on any atom is 0.329 e. The summed E-state index contributed by atoms with van der Waals surface area (Å²) in [6, 6.07) is 0. The van der Waals surface area contributed by atoms with E-state index in [0.717, 1.165) is 17.4 Å². The van der Waals surface area contributed by atoms with Crippen molar-refractivity contribution >= 4 is 11.8 Å². The molecule has 1 aromatic rings. The van der Waals surface area contributed by atoms with Crippen molar-refractivity contribution in [1.29, 1.82) is 0 Å². The lowest BCUT2D eigenvalue weighted by Crippen LogP contribution is -2.52. The number of rotatable bonds is 1. The molecule has 4 atom stereocenters. The van der Waals surface area contributed by atoms with Crippen LogP contribution in [-0.2, 0) is 16.6 Å². The van der Waals surface area contributed by atoms with Gasteiger partial charge in [-0.05, 0) is 12.8 Å². The lowest BCUT2D eigenvalue weighted by atomic mass is 9.84. The number of carbonyl (C=O) groups is 1. The van der Waals surface area contributed by atoms with Gasteiger partial charge in [0.2, 0.25) is 0 Å². The molecule has 1 fully saturated rings. The summed E-state index contributed by atoms with van der Waals surface area (Å²) < 4.78 is 6.69. The van der Waals surface area contributed by atoms with Gasteiger partial charge in [0.15, 0.2) is 0 Å². The van der Waals surface area contributed by atoms with Gasteiger partial charge in [0.05, 0.1) is 11.1 Å². The van der Waals surface area contributed by atoms with Gasteiger partial charge in [-0.3, -0.25) is 19.1 Å². The molecular formula is C16H19N3O4. The SMILES string of the molecule is CC(=O)O[C@H]1C2C=CC[C@@]23C[C@@H]1c1c([nH]c(=O)n(C)c1=O)N3C. The molecule has 1 aromatic heterocycles. The predicted octanol–water partition coefficient (Wildman–Crippen LogP) is 0.257. The van der Waals surface area contributed by atoms with E-state index in [1.54, 1.807) is 0 Å². The van der Waals surface area contributed by atoms with Crippen LogP contribution in [0.25, 0.3) is 0 Å². The van der Waals surface area contributed by atoms with Crippen LogP contribution in [0.2, 0.25) is 0 Å². The van der Waals surface area contributed by atoms with Gasteiger partial charge in [0, 0.05) is 32.9 Å². The van der Waals surface area contributed by atoms with Crippen LogP contribution in [0.1, 0.15) is 31.2 Å². The number of nitrogens with one attached hydrogen (secondary N) is 1. The molecule has 7 heteroatoms. The fraction of sp³-hybridized carbons (Fsp3) is 0.562. The van der Waals surface area contributed by atoms with Crippen molar-refractivity contribution in [2.45, 2.75) is 37.3 Å². The van der Waals surface area contributed by atoms with E-state index in [2.05, 4.69) is 17.1 Å². The summed E-state index contributed by atoms with van der Waals surface area (Å²) in [7, 11) is 3.36. The Morgan fingerprint density at radius 3 is 2.83 bits per heavy atom. The number of esters is 1. The highest BCUT2D eigenvalue weighted by Gasteiger charge is 2.62. The van der Waals surface area contributed by atoms with E-state index in [-0.39, 0.29) is 35.0 Å². The summed E-state index contributed by atoms with van der Waals surface area (Å²) in [4.78, 5) is 41.1. The number of carbonyl (C=O) groups excluding carboxylic acids is 1. The van der Waals surface area contributed by atoms with Gasteiger partial charge in [-0.25, -0.2) is 4.79 Å². The summed E-state index contributed by atoms with van der Waals surface area (Å²) in [5, 5.41) is 0. The molecule has 3 aliphatic rings. The summed E-state index contributed by atoms with van der Waals surface area (Å²) in [6.45, 7) is 1.39. The first kappa shape index (κ1) is 14.3. The van der Waals surface area contributed by atoms with Crippen molar-refractivity contribution in [2.75, 3.05) is 11.9 Å². The average Bonchev–Trinajstić information content (AvgIpc) is 3.00. The third-order valence-electron chi connectivity index (χ3n) is 5.76. The third kappa shape index (κ3) is 1.62. The first-order valence-corrected chi connectivity index (χ1v) is 7.78. The maximum absolute atomic E-state index is 12.7. The summed E-state index contributed by atoms with van der Waals surface area (Å²) in [5.74, 6) is 0.0683. The van der Waals surface area contributed by atoms with Crippen molar-refractivity contribution in [3.8, 4) is 0 Å². The van der Waals surface area contributed by atoms with Gasteiger partial charge in [-0.2, -0.15) is 0 Å². The molecule has 2 bridgehead atoms. The number of H-pyrrole nitrogens is 1. The second kappa shape index (κ2) is 4.37. The topological polar surface area (TPSA) is 84.4 Å². The fourth-order valence-electron chi connectivity index (χ4n) is 4.67. The van der Waals surface area contributed by atoms with Gasteiger partial charge in [0.25, 0.3) is 5.56 Å². The Kier molecular flexibility index (Phi) is 2.71. The van der Waals surface area contributed by atoms with Crippen LogP contribution in [0.15, 0.2) is 21.7 Å². The Hall–Kier alpha value is -2.31. The number of hydrogen-bond donors (Lipinski definition) is 1. The molecular weight excluding hydrogens is 298 g/mol. The second-order valence-corrected chi connectivity index (χ2v) is 6.76. The second-order valence-electron chi connectivity index (χ2n) is 6.76. The van der Waals surface area contributed by atoms with E-state index >= 15 is 0 Å². The van der Waals surface area contributed by atoms with Crippen molar-refractivity contribution < 1.29 is 9.53 Å². The van der Waals surface area contributed by atoms with Crippen LogP contribution in [0.5, 0.6) is 0 Å². The molecule has 1 N–H and O–H groups in total. The molecule has 1 spiro atoms.